The third-order valence-corrected chi connectivity index (χ3v) is 4.27. The molecule has 0 heterocycles. The average Bonchev–Trinajstić information content (AvgIpc) is 2.43. The fourth-order valence-corrected chi connectivity index (χ4v) is 2.81. The molecule has 1 aliphatic carbocycles. The lowest BCUT2D eigenvalue weighted by Gasteiger charge is -2.39. The van der Waals surface area contributed by atoms with E-state index in [2.05, 4.69) is 18.3 Å². The van der Waals surface area contributed by atoms with E-state index in [-0.39, 0.29) is 12.1 Å². The van der Waals surface area contributed by atoms with Crippen LogP contribution in [-0.2, 0) is 0 Å². The summed E-state index contributed by atoms with van der Waals surface area (Å²) in [5, 5.41) is 22.8. The molecule has 0 amide bonds. The number of halogens is 1. The van der Waals surface area contributed by atoms with E-state index >= 15 is 0 Å². The van der Waals surface area contributed by atoms with E-state index in [1.807, 2.05) is 6.07 Å². The molecule has 0 unspecified atom stereocenters. The summed E-state index contributed by atoms with van der Waals surface area (Å²) in [4.78, 5) is 0. The Kier molecular flexibility index (Phi) is 4.34. The number of benzene rings is 1. The van der Waals surface area contributed by atoms with Crippen molar-refractivity contribution in [2.75, 3.05) is 11.9 Å². The van der Waals surface area contributed by atoms with Crippen LogP contribution in [0.1, 0.15) is 38.2 Å². The number of aliphatic hydroxyl groups excluding tert-OH is 1. The lowest BCUT2D eigenvalue weighted by Crippen LogP contribution is -2.45. The zero-order valence-electron chi connectivity index (χ0n) is 11.1. The van der Waals surface area contributed by atoms with Crippen molar-refractivity contribution < 1.29 is 5.11 Å². The first-order valence-corrected chi connectivity index (χ1v) is 7.05. The van der Waals surface area contributed by atoms with E-state index in [1.165, 1.54) is 0 Å². The van der Waals surface area contributed by atoms with Gasteiger partial charge >= 0.3 is 0 Å². The van der Waals surface area contributed by atoms with Crippen molar-refractivity contribution in [1.82, 2.24) is 0 Å². The highest BCUT2D eigenvalue weighted by atomic mass is 35.5. The van der Waals surface area contributed by atoms with E-state index in [4.69, 9.17) is 16.9 Å². The van der Waals surface area contributed by atoms with Gasteiger partial charge in [0, 0.05) is 5.02 Å². The number of nitrogens with one attached hydrogen (secondary N) is 1. The molecule has 0 spiro atoms. The van der Waals surface area contributed by atoms with Gasteiger partial charge in [-0.05, 0) is 49.8 Å². The van der Waals surface area contributed by atoms with Gasteiger partial charge in [-0.2, -0.15) is 5.26 Å². The van der Waals surface area contributed by atoms with Crippen LogP contribution in [0.15, 0.2) is 18.2 Å². The van der Waals surface area contributed by atoms with Crippen LogP contribution in [0.2, 0.25) is 5.02 Å². The molecule has 0 saturated heterocycles. The minimum Gasteiger partial charge on any atom is -0.394 e. The van der Waals surface area contributed by atoms with Crippen molar-refractivity contribution in [2.24, 2.45) is 5.92 Å². The first kappa shape index (κ1) is 14.2. The van der Waals surface area contributed by atoms with E-state index in [1.54, 1.807) is 12.1 Å². The second kappa shape index (κ2) is 5.81. The summed E-state index contributed by atoms with van der Waals surface area (Å²) in [5.41, 5.74) is 0.987. The van der Waals surface area contributed by atoms with E-state index in [0.717, 1.165) is 31.4 Å². The van der Waals surface area contributed by atoms with Gasteiger partial charge in [0.05, 0.1) is 23.4 Å². The summed E-state index contributed by atoms with van der Waals surface area (Å²) in [6.07, 6.45) is 4.06. The zero-order valence-corrected chi connectivity index (χ0v) is 11.9. The third kappa shape index (κ3) is 3.20. The predicted molar refractivity (Wildman–Crippen MR) is 77.2 cm³/mol. The fraction of sp³-hybridized carbons (Fsp3) is 0.533. The monoisotopic (exact) mass is 278 g/mol. The molecule has 1 saturated carbocycles. The van der Waals surface area contributed by atoms with Crippen molar-refractivity contribution >= 4 is 17.3 Å². The zero-order chi connectivity index (χ0) is 13.9. The largest absolute Gasteiger partial charge is 0.394 e. The summed E-state index contributed by atoms with van der Waals surface area (Å²) in [7, 11) is 0. The van der Waals surface area contributed by atoms with Gasteiger partial charge in [0.2, 0.25) is 0 Å². The lowest BCUT2D eigenvalue weighted by atomic mass is 9.77. The number of anilines is 1. The number of nitriles is 1. The maximum absolute atomic E-state index is 9.74. The first-order valence-electron chi connectivity index (χ1n) is 6.67. The Hall–Kier alpha value is -1.24. The van der Waals surface area contributed by atoms with Crippen molar-refractivity contribution in [3.8, 4) is 6.07 Å². The number of aliphatic hydroxyl groups is 1. The minimum atomic E-state index is -0.300. The van der Waals surface area contributed by atoms with Crippen LogP contribution in [0, 0.1) is 17.2 Å². The van der Waals surface area contributed by atoms with E-state index in [0.29, 0.717) is 16.5 Å². The highest BCUT2D eigenvalue weighted by Crippen LogP contribution is 2.35. The Morgan fingerprint density at radius 2 is 2.16 bits per heavy atom. The van der Waals surface area contributed by atoms with Crippen LogP contribution < -0.4 is 5.32 Å². The van der Waals surface area contributed by atoms with Crippen molar-refractivity contribution in [2.45, 2.75) is 38.1 Å². The molecule has 0 bridgehead atoms. The molecule has 0 atom stereocenters. The molecule has 0 aliphatic heterocycles. The van der Waals surface area contributed by atoms with Crippen LogP contribution in [0.5, 0.6) is 0 Å². The van der Waals surface area contributed by atoms with Crippen LogP contribution >= 0.6 is 11.6 Å². The number of hydrogen-bond acceptors (Lipinski definition) is 3. The van der Waals surface area contributed by atoms with Gasteiger partial charge in [-0.1, -0.05) is 18.5 Å². The minimum absolute atomic E-state index is 0.0905. The van der Waals surface area contributed by atoms with Crippen molar-refractivity contribution in [1.29, 1.82) is 5.26 Å². The van der Waals surface area contributed by atoms with Gasteiger partial charge in [0.1, 0.15) is 6.07 Å². The second-order valence-electron chi connectivity index (χ2n) is 5.55. The molecule has 1 aromatic carbocycles. The molecule has 4 heteroatoms. The van der Waals surface area contributed by atoms with Gasteiger partial charge in [-0.15, -0.1) is 0 Å². The highest BCUT2D eigenvalue weighted by molar-refractivity contribution is 6.30. The molecule has 1 aromatic rings. The predicted octanol–water partition coefficient (Wildman–Crippen LogP) is 3.56. The van der Waals surface area contributed by atoms with E-state index < -0.39 is 0 Å². The van der Waals surface area contributed by atoms with Crippen LogP contribution in [-0.4, -0.2) is 17.3 Å². The molecule has 2 rings (SSSR count). The Bertz CT molecular complexity index is 487. The quantitative estimate of drug-likeness (QED) is 0.889. The van der Waals surface area contributed by atoms with Crippen LogP contribution in [0.4, 0.5) is 5.69 Å². The summed E-state index contributed by atoms with van der Waals surface area (Å²) < 4.78 is 0. The van der Waals surface area contributed by atoms with Crippen LogP contribution in [0.25, 0.3) is 0 Å². The third-order valence-electron chi connectivity index (χ3n) is 4.04. The first-order chi connectivity index (χ1) is 9.08. The van der Waals surface area contributed by atoms with Gasteiger partial charge < -0.3 is 10.4 Å². The summed E-state index contributed by atoms with van der Waals surface area (Å²) >= 11 is 5.90. The Balaban J connectivity index is 2.21. The summed E-state index contributed by atoms with van der Waals surface area (Å²) in [6, 6.07) is 7.38. The van der Waals surface area contributed by atoms with Gasteiger partial charge in [0.25, 0.3) is 0 Å². The van der Waals surface area contributed by atoms with Crippen molar-refractivity contribution in [3.63, 3.8) is 0 Å². The maximum atomic E-state index is 9.74. The van der Waals surface area contributed by atoms with Crippen molar-refractivity contribution in [3.05, 3.63) is 28.8 Å². The number of hydrogen-bond donors (Lipinski definition) is 2. The molecule has 1 aliphatic rings. The molecule has 1 fully saturated rings. The molecule has 19 heavy (non-hydrogen) atoms. The summed E-state index contributed by atoms with van der Waals surface area (Å²) in [5.74, 6) is 0.710. The molecular weight excluding hydrogens is 260 g/mol. The average molecular weight is 279 g/mol. The van der Waals surface area contributed by atoms with Crippen LogP contribution in [0.3, 0.4) is 0 Å². The highest BCUT2D eigenvalue weighted by Gasteiger charge is 2.33. The normalized spacial score (nSPS) is 26.7. The standard InChI is InChI=1S/C15H19ClN2O/c1-11-4-6-15(10-19,7-5-11)18-14-3-2-13(16)8-12(14)9-17/h2-3,8,11,18-19H,4-7,10H2,1H3. The second-order valence-corrected chi connectivity index (χ2v) is 5.98. The number of rotatable bonds is 3. The van der Waals surface area contributed by atoms with E-state index in [9.17, 15) is 5.11 Å². The Morgan fingerprint density at radius 3 is 2.74 bits per heavy atom. The van der Waals surface area contributed by atoms with Gasteiger partial charge in [-0.3, -0.25) is 0 Å². The molecule has 2 N–H and O–H groups in total. The SMILES string of the molecule is CC1CCC(CO)(Nc2ccc(Cl)cc2C#N)CC1. The molecule has 102 valence electrons. The summed E-state index contributed by atoms with van der Waals surface area (Å²) in [6.45, 7) is 2.33. The Morgan fingerprint density at radius 1 is 1.47 bits per heavy atom. The topological polar surface area (TPSA) is 56.0 Å². The van der Waals surface area contributed by atoms with Gasteiger partial charge in [0.15, 0.2) is 0 Å². The molecule has 3 nitrogen and oxygen atoms in total. The van der Waals surface area contributed by atoms with Gasteiger partial charge in [-0.25, -0.2) is 0 Å². The smallest absolute Gasteiger partial charge is 0.101 e. The number of nitrogens with zero attached hydrogens (tertiary/aromatic N) is 1. The molecule has 0 aromatic heterocycles. The molecule has 0 radical (unpaired) electrons. The Labute approximate surface area is 119 Å². The fourth-order valence-electron chi connectivity index (χ4n) is 2.64. The molecular formula is C15H19ClN2O. The maximum Gasteiger partial charge on any atom is 0.101 e. The lowest BCUT2D eigenvalue weighted by molar-refractivity contribution is 0.155.